The van der Waals surface area contributed by atoms with Gasteiger partial charge in [0.1, 0.15) is 29.1 Å². The molecule has 4 aromatic carbocycles. The van der Waals surface area contributed by atoms with Crippen LogP contribution in [0.3, 0.4) is 0 Å². The summed E-state index contributed by atoms with van der Waals surface area (Å²) in [6, 6.07) is 23.5. The fourth-order valence-corrected chi connectivity index (χ4v) is 5.63. The Labute approximate surface area is 292 Å². The van der Waals surface area contributed by atoms with Crippen LogP contribution in [0.2, 0.25) is 0 Å². The lowest BCUT2D eigenvalue weighted by molar-refractivity contribution is 0.0697. The number of carbonyl (C=O) groups excluding carboxylic acids is 1. The summed E-state index contributed by atoms with van der Waals surface area (Å²) in [5.74, 6) is -1.77. The molecule has 0 fully saturated rings. The van der Waals surface area contributed by atoms with Crippen LogP contribution in [0, 0.1) is 0 Å². The number of aromatic carboxylic acids is 1. The van der Waals surface area contributed by atoms with E-state index in [4.69, 9.17) is 4.42 Å². The van der Waals surface area contributed by atoms with Crippen molar-refractivity contribution in [3.8, 4) is 45.4 Å². The first-order valence-electron chi connectivity index (χ1n) is 15.5. The molecule has 0 bridgehead atoms. The van der Waals surface area contributed by atoms with Gasteiger partial charge in [0.15, 0.2) is 16.9 Å². The van der Waals surface area contributed by atoms with Gasteiger partial charge in [0.2, 0.25) is 0 Å². The smallest absolute Gasteiger partial charge is 0.336 e. The first-order chi connectivity index (χ1) is 24.4. The zero-order valence-electron chi connectivity index (χ0n) is 27.6. The van der Waals surface area contributed by atoms with E-state index < -0.39 is 5.97 Å². The molecule has 51 heavy (non-hydrogen) atoms. The highest BCUT2D eigenvalue weighted by atomic mass is 16.4. The number of carbonyl (C=O) groups is 2. The summed E-state index contributed by atoms with van der Waals surface area (Å²) in [6.45, 7) is 4.81. The minimum Gasteiger partial charge on any atom is -0.508 e. The Morgan fingerprint density at radius 3 is 2.18 bits per heavy atom. The summed E-state index contributed by atoms with van der Waals surface area (Å²) >= 11 is 0. The molecule has 0 amide bonds. The van der Waals surface area contributed by atoms with Crippen molar-refractivity contribution in [1.82, 2.24) is 10.6 Å². The molecule has 0 radical (unpaired) electrons. The van der Waals surface area contributed by atoms with E-state index >= 15 is 0 Å². The molecule has 258 valence electrons. The quantitative estimate of drug-likeness (QED) is 0.0286. The summed E-state index contributed by atoms with van der Waals surface area (Å²) in [5, 5.41) is 55.3. The second-order valence-corrected chi connectivity index (χ2v) is 11.5. The monoisotopic (exact) mass is 686 g/mol. The second-order valence-electron chi connectivity index (χ2n) is 11.5. The van der Waals surface area contributed by atoms with Crippen LogP contribution >= 0.6 is 0 Å². The van der Waals surface area contributed by atoms with Crippen LogP contribution < -0.4 is 16.1 Å². The number of phenolic OH excluding ortho intramolecular Hbond substituents is 4. The summed E-state index contributed by atoms with van der Waals surface area (Å²) in [6.07, 6.45) is 2.35. The van der Waals surface area contributed by atoms with E-state index in [0.717, 1.165) is 29.3 Å². The molecular weight excluding hydrogens is 652 g/mol. The average molecular weight is 687 g/mol. The molecule has 0 saturated carbocycles. The van der Waals surface area contributed by atoms with Gasteiger partial charge in [-0.1, -0.05) is 43.0 Å². The lowest BCUT2D eigenvalue weighted by Crippen LogP contribution is -2.05. The highest BCUT2D eigenvalue weighted by Gasteiger charge is 2.22. The second kappa shape index (κ2) is 15.1. The first kappa shape index (κ1) is 35.5. The summed E-state index contributed by atoms with van der Waals surface area (Å²) < 4.78 is 5.75. The van der Waals surface area contributed by atoms with E-state index in [-0.39, 0.29) is 45.3 Å². The number of nitrogens with one attached hydrogen (secondary N) is 2. The third-order valence-electron chi connectivity index (χ3n) is 8.03. The Balaban J connectivity index is 0.000000199. The maximum atomic E-state index is 11.8. The van der Waals surface area contributed by atoms with Crippen molar-refractivity contribution in [3.05, 3.63) is 142 Å². The Hall–Kier alpha value is -6.85. The van der Waals surface area contributed by atoms with Crippen molar-refractivity contribution in [2.24, 2.45) is 0 Å². The number of allylic oxidation sites excluding steroid dienone is 2. The van der Waals surface area contributed by atoms with Crippen LogP contribution in [-0.2, 0) is 6.54 Å². The third-order valence-corrected chi connectivity index (χ3v) is 8.03. The lowest BCUT2D eigenvalue weighted by Gasteiger charge is -2.16. The molecule has 6 rings (SSSR count). The number of carboxylic acid groups (broad SMARTS) is 1. The summed E-state index contributed by atoms with van der Waals surface area (Å²) in [4.78, 5) is 34.6. The highest BCUT2D eigenvalue weighted by Crippen LogP contribution is 2.42. The standard InChI is InChI=1S/C21H12O6.C19H22N2O3/c22-10-11-1-4-14(17(7-11)21(25)26)20-15-5-2-12(23)8-18(15)27-19-9-13(24)3-6-16(19)20;1-12(15-8-18(23)19(24)9-17(15)22)16(11-21-3)14-6-4-13(5-7-14)10-20-2/h1-10,23H,(H,25,26);4-9,11,20-24H,1,10H2,2-3H3/b;16-11+. The molecule has 11 nitrogen and oxygen atoms in total. The fraction of sp³-hybridized carbons (Fsp3) is 0.0750. The Morgan fingerprint density at radius 2 is 1.51 bits per heavy atom. The van der Waals surface area contributed by atoms with Gasteiger partial charge in [-0.15, -0.1) is 0 Å². The van der Waals surface area contributed by atoms with Crippen molar-refractivity contribution in [1.29, 1.82) is 0 Å². The van der Waals surface area contributed by atoms with E-state index in [1.165, 1.54) is 42.5 Å². The molecule has 0 aromatic heterocycles. The van der Waals surface area contributed by atoms with E-state index in [2.05, 4.69) is 17.2 Å². The number of hydrogen-bond donors (Lipinski definition) is 7. The predicted molar refractivity (Wildman–Crippen MR) is 195 cm³/mol. The van der Waals surface area contributed by atoms with E-state index in [1.807, 2.05) is 31.3 Å². The van der Waals surface area contributed by atoms with Crippen LogP contribution in [0.4, 0.5) is 0 Å². The van der Waals surface area contributed by atoms with Crippen molar-refractivity contribution >= 4 is 34.4 Å². The number of aromatic hydroxyl groups is 4. The van der Waals surface area contributed by atoms with E-state index in [9.17, 15) is 39.9 Å². The molecule has 0 atom stereocenters. The van der Waals surface area contributed by atoms with Crippen molar-refractivity contribution < 1.29 is 39.5 Å². The van der Waals surface area contributed by atoms with Gasteiger partial charge in [-0.3, -0.25) is 9.59 Å². The molecule has 11 heteroatoms. The maximum Gasteiger partial charge on any atom is 0.336 e. The molecule has 0 unspecified atom stereocenters. The largest absolute Gasteiger partial charge is 0.508 e. The van der Waals surface area contributed by atoms with Crippen LogP contribution in [0.25, 0.3) is 44.6 Å². The number of hydrogen-bond acceptors (Lipinski definition) is 10. The van der Waals surface area contributed by atoms with Crippen molar-refractivity contribution in [2.45, 2.75) is 6.54 Å². The molecule has 0 spiro atoms. The minimum absolute atomic E-state index is 0.0235. The normalized spacial score (nSPS) is 11.1. The van der Waals surface area contributed by atoms with Crippen LogP contribution in [0.5, 0.6) is 23.0 Å². The van der Waals surface area contributed by atoms with E-state index in [1.54, 1.807) is 31.4 Å². The molecule has 0 saturated heterocycles. The first-order valence-corrected chi connectivity index (χ1v) is 15.5. The average Bonchev–Trinajstić information content (AvgIpc) is 3.11. The van der Waals surface area contributed by atoms with Gasteiger partial charge in [0.05, 0.1) is 5.56 Å². The van der Waals surface area contributed by atoms with Gasteiger partial charge in [-0.2, -0.15) is 0 Å². The zero-order valence-corrected chi connectivity index (χ0v) is 27.6. The lowest BCUT2D eigenvalue weighted by atomic mass is 9.90. The van der Waals surface area contributed by atoms with Crippen molar-refractivity contribution in [2.75, 3.05) is 14.1 Å². The minimum atomic E-state index is -1.19. The topological polar surface area (TPSA) is 190 Å². The van der Waals surface area contributed by atoms with Crippen LogP contribution in [0.1, 0.15) is 37.4 Å². The van der Waals surface area contributed by atoms with Gasteiger partial charge in [-0.05, 0) is 65.7 Å². The van der Waals surface area contributed by atoms with Gasteiger partial charge < -0.3 is 40.6 Å². The fourth-order valence-electron chi connectivity index (χ4n) is 5.63. The molecule has 7 N–H and O–H groups in total. The van der Waals surface area contributed by atoms with Gasteiger partial charge in [-0.25, -0.2) is 4.79 Å². The summed E-state index contributed by atoms with van der Waals surface area (Å²) in [7, 11) is 3.67. The Kier molecular flexibility index (Phi) is 10.5. The van der Waals surface area contributed by atoms with Crippen LogP contribution in [-0.4, -0.2) is 51.9 Å². The van der Waals surface area contributed by atoms with Gasteiger partial charge in [0, 0.05) is 71.2 Å². The molecule has 2 aliphatic rings. The number of carboxylic acids is 1. The molecule has 1 heterocycles. The summed E-state index contributed by atoms with van der Waals surface area (Å²) in [5.41, 5.74) is 5.43. The van der Waals surface area contributed by atoms with Crippen molar-refractivity contribution in [3.63, 3.8) is 0 Å². The molecule has 1 aliphatic carbocycles. The Bertz CT molecular complexity index is 2340. The zero-order chi connectivity index (χ0) is 36.8. The maximum absolute atomic E-state index is 11.8. The molecule has 1 aliphatic heterocycles. The van der Waals surface area contributed by atoms with E-state index in [0.29, 0.717) is 45.1 Å². The third kappa shape index (κ3) is 7.58. The number of rotatable bonds is 9. The molecular formula is C40H34N2O9. The Morgan fingerprint density at radius 1 is 0.804 bits per heavy atom. The highest BCUT2D eigenvalue weighted by molar-refractivity contribution is 6.08. The SMILES string of the molecule is C=C(/C(=C\NC)c1ccc(CNC)cc1)c1cc(O)c(O)cc1O.O=Cc1ccc(-c2c3ccc(=O)cc-3oc3cc(O)ccc23)c(C(=O)O)c1. The number of fused-ring (bicyclic) bond motifs is 2. The van der Waals surface area contributed by atoms with Gasteiger partial charge in [0.25, 0.3) is 0 Å². The number of phenols is 4. The predicted octanol–water partition coefficient (Wildman–Crippen LogP) is 6.58. The number of aldehydes is 1. The molecule has 4 aromatic rings. The van der Waals surface area contributed by atoms with Gasteiger partial charge >= 0.3 is 5.97 Å². The number of benzene rings is 5. The van der Waals surface area contributed by atoms with Crippen LogP contribution in [0.15, 0.2) is 113 Å².